The molecule has 4 rings (SSSR count). The summed E-state index contributed by atoms with van der Waals surface area (Å²) in [5.41, 5.74) is 1.51. The van der Waals surface area contributed by atoms with E-state index in [1.54, 1.807) is 43.3 Å². The van der Waals surface area contributed by atoms with Crippen LogP contribution in [-0.4, -0.2) is 58.0 Å². The van der Waals surface area contributed by atoms with E-state index < -0.39 is 28.5 Å². The normalized spacial score (nSPS) is 14.4. The van der Waals surface area contributed by atoms with Crippen molar-refractivity contribution in [3.8, 4) is 11.5 Å². The van der Waals surface area contributed by atoms with Crippen molar-refractivity contribution in [2.24, 2.45) is 0 Å². The van der Waals surface area contributed by atoms with Gasteiger partial charge in [0.25, 0.3) is 10.0 Å². The largest absolute Gasteiger partial charge is 0.493 e. The predicted molar refractivity (Wildman–Crippen MR) is 177 cm³/mol. The van der Waals surface area contributed by atoms with Gasteiger partial charge < -0.3 is 19.7 Å². The van der Waals surface area contributed by atoms with Crippen LogP contribution in [0.25, 0.3) is 0 Å². The quantitative estimate of drug-likeness (QED) is 0.239. The number of sulfonamides is 1. The Kier molecular flexibility index (Phi) is 11.6. The van der Waals surface area contributed by atoms with Gasteiger partial charge in [-0.2, -0.15) is 0 Å². The summed E-state index contributed by atoms with van der Waals surface area (Å²) < 4.78 is 40.1. The van der Waals surface area contributed by atoms with Crippen molar-refractivity contribution in [2.75, 3.05) is 25.1 Å². The van der Waals surface area contributed by atoms with Gasteiger partial charge in [0, 0.05) is 34.3 Å². The first kappa shape index (κ1) is 34.4. The average Bonchev–Trinajstić information content (AvgIpc) is 3.03. The van der Waals surface area contributed by atoms with Crippen LogP contribution < -0.4 is 19.1 Å². The number of hydrogen-bond acceptors (Lipinski definition) is 6. The number of halogens is 2. The first-order valence-corrected chi connectivity index (χ1v) is 17.0. The summed E-state index contributed by atoms with van der Waals surface area (Å²) in [4.78, 5) is 29.2. The summed E-state index contributed by atoms with van der Waals surface area (Å²) in [5, 5.41) is 3.73. The van der Waals surface area contributed by atoms with Crippen molar-refractivity contribution in [3.63, 3.8) is 0 Å². The lowest BCUT2D eigenvalue weighted by Crippen LogP contribution is -2.53. The van der Waals surface area contributed by atoms with Gasteiger partial charge in [0.2, 0.25) is 11.8 Å². The minimum atomic E-state index is -4.27. The smallest absolute Gasteiger partial charge is 0.264 e. The van der Waals surface area contributed by atoms with Crippen LogP contribution in [0.2, 0.25) is 10.0 Å². The van der Waals surface area contributed by atoms with Crippen molar-refractivity contribution >= 4 is 50.7 Å². The Bertz CT molecular complexity index is 1590. The Balaban J connectivity index is 1.75. The maximum atomic E-state index is 14.3. The number of amides is 2. The van der Waals surface area contributed by atoms with Crippen molar-refractivity contribution in [2.45, 2.75) is 69.5 Å². The van der Waals surface area contributed by atoms with Gasteiger partial charge in [-0.1, -0.05) is 66.2 Å². The van der Waals surface area contributed by atoms with Crippen LogP contribution in [-0.2, 0) is 26.2 Å². The van der Waals surface area contributed by atoms with Crippen molar-refractivity contribution < 1.29 is 27.5 Å². The zero-order chi connectivity index (χ0) is 32.7. The molecular formula is C33H39Cl2N3O6S. The minimum Gasteiger partial charge on any atom is -0.493 e. The fraction of sp³-hybridized carbons (Fsp3) is 0.394. The molecule has 0 unspecified atom stereocenters. The van der Waals surface area contributed by atoms with Gasteiger partial charge >= 0.3 is 0 Å². The Morgan fingerprint density at radius 3 is 2.16 bits per heavy atom. The van der Waals surface area contributed by atoms with Gasteiger partial charge in [0.15, 0.2) is 11.5 Å². The molecule has 0 spiro atoms. The van der Waals surface area contributed by atoms with Crippen LogP contribution in [0.5, 0.6) is 11.5 Å². The molecule has 9 nitrogen and oxygen atoms in total. The molecule has 0 bridgehead atoms. The molecule has 3 aromatic rings. The van der Waals surface area contributed by atoms with E-state index in [-0.39, 0.29) is 34.8 Å². The molecule has 12 heteroatoms. The third-order valence-electron chi connectivity index (χ3n) is 8.05. The highest BCUT2D eigenvalue weighted by Crippen LogP contribution is 2.34. The van der Waals surface area contributed by atoms with E-state index in [0.717, 1.165) is 42.0 Å². The third kappa shape index (κ3) is 8.23. The molecule has 242 valence electrons. The van der Waals surface area contributed by atoms with Crippen LogP contribution >= 0.6 is 23.2 Å². The van der Waals surface area contributed by atoms with Crippen molar-refractivity contribution in [1.82, 2.24) is 10.2 Å². The Labute approximate surface area is 275 Å². The Morgan fingerprint density at radius 2 is 1.56 bits per heavy atom. The molecule has 1 saturated carbocycles. The number of nitrogens with one attached hydrogen (secondary N) is 1. The summed E-state index contributed by atoms with van der Waals surface area (Å²) in [7, 11) is -1.36. The molecular weight excluding hydrogens is 637 g/mol. The predicted octanol–water partition coefficient (Wildman–Crippen LogP) is 6.38. The minimum absolute atomic E-state index is 0.000488. The van der Waals surface area contributed by atoms with Crippen LogP contribution in [0.1, 0.15) is 50.2 Å². The molecule has 0 radical (unpaired) electrons. The second-order valence-electron chi connectivity index (χ2n) is 11.1. The topological polar surface area (TPSA) is 105 Å². The number of carbonyl (C=O) groups is 2. The fourth-order valence-electron chi connectivity index (χ4n) is 5.35. The fourth-order valence-corrected chi connectivity index (χ4v) is 7.27. The summed E-state index contributed by atoms with van der Waals surface area (Å²) >= 11 is 13.0. The van der Waals surface area contributed by atoms with Crippen LogP contribution in [0.15, 0.2) is 65.6 Å². The Morgan fingerprint density at radius 1 is 0.933 bits per heavy atom. The number of nitrogens with zero attached hydrogens (tertiary/aromatic N) is 2. The molecule has 0 aromatic heterocycles. The highest BCUT2D eigenvalue weighted by Gasteiger charge is 2.34. The standard InChI is InChI=1S/C33H39Cl2N3O6S/c1-22-13-16-26(17-14-22)45(41,42)38(25-15-18-30(43-3)31(19-25)44-4)21-32(39)37(20-27-28(34)11-8-12-29(27)35)23(2)33(40)36-24-9-6-5-7-10-24/h8,11-19,23-24H,5-7,9-10,20-21H2,1-4H3,(H,36,40)/t23-/m1/s1. The van der Waals surface area contributed by atoms with Gasteiger partial charge in [0.1, 0.15) is 12.6 Å². The number of carbonyl (C=O) groups excluding carboxylic acids is 2. The SMILES string of the molecule is COc1ccc(N(CC(=O)N(Cc2c(Cl)cccc2Cl)[C@H](C)C(=O)NC2CCCCC2)S(=O)(=O)c2ccc(C)cc2)cc1OC. The summed E-state index contributed by atoms with van der Waals surface area (Å²) in [6.07, 6.45) is 4.90. The van der Waals surface area contributed by atoms with Gasteiger partial charge in [-0.05, 0) is 63.1 Å². The first-order chi connectivity index (χ1) is 21.5. The lowest BCUT2D eigenvalue weighted by molar-refractivity contribution is -0.139. The van der Waals surface area contributed by atoms with E-state index >= 15 is 0 Å². The van der Waals surface area contributed by atoms with E-state index in [1.165, 1.54) is 43.4 Å². The first-order valence-electron chi connectivity index (χ1n) is 14.8. The molecule has 1 aliphatic rings. The number of benzene rings is 3. The number of anilines is 1. The number of aryl methyl sites for hydroxylation is 1. The van der Waals surface area contributed by atoms with Gasteiger partial charge in [-0.25, -0.2) is 8.42 Å². The summed E-state index contributed by atoms with van der Waals surface area (Å²) in [6, 6.07) is 15.0. The third-order valence-corrected chi connectivity index (χ3v) is 10.5. The molecule has 1 atom stereocenters. The van der Waals surface area contributed by atoms with E-state index in [1.807, 2.05) is 6.92 Å². The maximum Gasteiger partial charge on any atom is 0.264 e. The molecule has 2 amide bonds. The summed E-state index contributed by atoms with van der Waals surface area (Å²) in [6.45, 7) is 2.75. The van der Waals surface area contributed by atoms with Crippen LogP contribution in [0.4, 0.5) is 5.69 Å². The molecule has 1 aliphatic carbocycles. The maximum absolute atomic E-state index is 14.3. The average molecular weight is 677 g/mol. The molecule has 0 saturated heterocycles. The molecule has 1 N–H and O–H groups in total. The second-order valence-corrected chi connectivity index (χ2v) is 13.8. The number of rotatable bonds is 12. The summed E-state index contributed by atoms with van der Waals surface area (Å²) in [5.74, 6) is -0.282. The van der Waals surface area contributed by atoms with E-state index in [0.29, 0.717) is 21.4 Å². The molecule has 0 aliphatic heterocycles. The number of methoxy groups -OCH3 is 2. The zero-order valence-electron chi connectivity index (χ0n) is 25.9. The van der Waals surface area contributed by atoms with Gasteiger partial charge in [-0.15, -0.1) is 0 Å². The Hall–Kier alpha value is -3.47. The van der Waals surface area contributed by atoms with E-state index in [9.17, 15) is 18.0 Å². The monoisotopic (exact) mass is 675 g/mol. The highest BCUT2D eigenvalue weighted by molar-refractivity contribution is 7.92. The van der Waals surface area contributed by atoms with Crippen LogP contribution in [0.3, 0.4) is 0 Å². The van der Waals surface area contributed by atoms with Crippen LogP contribution in [0, 0.1) is 6.92 Å². The number of ether oxygens (including phenoxy) is 2. The van der Waals surface area contributed by atoms with Gasteiger partial charge in [-0.3, -0.25) is 13.9 Å². The zero-order valence-corrected chi connectivity index (χ0v) is 28.2. The lowest BCUT2D eigenvalue weighted by Gasteiger charge is -2.33. The molecule has 3 aromatic carbocycles. The molecule has 45 heavy (non-hydrogen) atoms. The second kappa shape index (κ2) is 15.2. The van der Waals surface area contributed by atoms with E-state index in [2.05, 4.69) is 5.32 Å². The number of hydrogen-bond donors (Lipinski definition) is 1. The van der Waals surface area contributed by atoms with E-state index in [4.69, 9.17) is 32.7 Å². The van der Waals surface area contributed by atoms with Crippen molar-refractivity contribution in [3.05, 3.63) is 81.8 Å². The van der Waals surface area contributed by atoms with Gasteiger partial charge in [0.05, 0.1) is 24.8 Å². The molecule has 1 fully saturated rings. The molecule has 0 heterocycles. The lowest BCUT2D eigenvalue weighted by atomic mass is 9.95. The highest BCUT2D eigenvalue weighted by atomic mass is 35.5. The van der Waals surface area contributed by atoms with Crippen molar-refractivity contribution in [1.29, 1.82) is 0 Å².